The number of hydrogen-bond acceptors (Lipinski definition) is 7. The monoisotopic (exact) mass is 492 g/mol. The smallest absolute Gasteiger partial charge is 0.289 e. The van der Waals surface area contributed by atoms with Gasteiger partial charge >= 0.3 is 0 Å². The normalized spacial score (nSPS) is 18.7. The summed E-state index contributed by atoms with van der Waals surface area (Å²) in [6, 6.07) is 5.43. The summed E-state index contributed by atoms with van der Waals surface area (Å²) < 4.78 is 28.0. The van der Waals surface area contributed by atoms with E-state index in [4.69, 9.17) is 0 Å². The third-order valence-corrected chi connectivity index (χ3v) is 7.64. The number of benzene rings is 1. The van der Waals surface area contributed by atoms with Crippen molar-refractivity contribution in [1.82, 2.24) is 20.3 Å². The highest BCUT2D eigenvalue weighted by molar-refractivity contribution is 7.89. The maximum Gasteiger partial charge on any atom is 0.289 e. The predicted molar refractivity (Wildman–Crippen MR) is 124 cm³/mol. The van der Waals surface area contributed by atoms with Gasteiger partial charge in [0.1, 0.15) is 12.1 Å². The number of hydrogen-bond donors (Lipinski definition) is 3. The molecule has 3 N–H and O–H groups in total. The first-order valence-electron chi connectivity index (χ1n) is 10.8. The van der Waals surface area contributed by atoms with Gasteiger partial charge in [-0.3, -0.25) is 14.4 Å². The fourth-order valence-electron chi connectivity index (χ4n) is 3.41. The Morgan fingerprint density at radius 2 is 1.91 bits per heavy atom. The zero-order valence-electron chi connectivity index (χ0n) is 18.5. The fourth-order valence-corrected chi connectivity index (χ4v) is 5.65. The Balaban J connectivity index is 1.81. The first kappa shape index (κ1) is 25.0. The number of nitrogens with one attached hydrogen (secondary N) is 3. The van der Waals surface area contributed by atoms with Crippen molar-refractivity contribution in [1.29, 1.82) is 0 Å². The topological polar surface area (TPSA) is 134 Å². The number of fused-ring (bicyclic) bond motifs is 2. The number of amides is 2. The molecule has 0 saturated heterocycles. The van der Waals surface area contributed by atoms with Gasteiger partial charge in [0.15, 0.2) is 0 Å². The number of aryl methyl sites for hydroxylation is 1. The van der Waals surface area contributed by atoms with Crippen molar-refractivity contribution in [2.24, 2.45) is 5.92 Å². The summed E-state index contributed by atoms with van der Waals surface area (Å²) >= 11 is 1.37. The molecule has 2 heterocycles. The molecule has 3 rings (SSSR count). The van der Waals surface area contributed by atoms with E-state index < -0.39 is 45.6 Å². The molecule has 2 atom stereocenters. The largest absolute Gasteiger partial charge is 0.349 e. The number of rotatable bonds is 6. The highest BCUT2D eigenvalue weighted by Crippen LogP contribution is 2.16. The second-order valence-corrected chi connectivity index (χ2v) is 10.9. The quantitative estimate of drug-likeness (QED) is 0.519. The van der Waals surface area contributed by atoms with Gasteiger partial charge in [-0.05, 0) is 37.3 Å². The van der Waals surface area contributed by atoms with Crippen molar-refractivity contribution in [2.75, 3.05) is 6.54 Å². The van der Waals surface area contributed by atoms with Gasteiger partial charge in [0.05, 0.1) is 15.6 Å². The number of thiazole rings is 1. The van der Waals surface area contributed by atoms with E-state index in [-0.39, 0.29) is 11.3 Å². The Morgan fingerprint density at radius 1 is 1.18 bits per heavy atom. The lowest BCUT2D eigenvalue weighted by Crippen LogP contribution is -2.56. The molecule has 0 fully saturated rings. The summed E-state index contributed by atoms with van der Waals surface area (Å²) in [6.45, 7) is 3.74. The number of sulfonamides is 1. The molecule has 11 heteroatoms. The average Bonchev–Trinajstić information content (AvgIpc) is 3.23. The van der Waals surface area contributed by atoms with Crippen LogP contribution in [0.3, 0.4) is 0 Å². The van der Waals surface area contributed by atoms with Crippen molar-refractivity contribution in [3.63, 3.8) is 0 Å². The highest BCUT2D eigenvalue weighted by Gasteiger charge is 2.33. The number of carbonyl (C=O) groups is 3. The van der Waals surface area contributed by atoms with Gasteiger partial charge in [0, 0.05) is 18.3 Å². The summed E-state index contributed by atoms with van der Waals surface area (Å²) in [7, 11) is -3.97. The molecule has 2 unspecified atom stereocenters. The number of nitrogens with zero attached hydrogens (tertiary/aromatic N) is 1. The summed E-state index contributed by atoms with van der Waals surface area (Å²) in [5, 5.41) is 7.73. The minimum absolute atomic E-state index is 0.0280. The fraction of sp³-hybridized carbons (Fsp3) is 0.455. The first-order valence-corrected chi connectivity index (χ1v) is 13.2. The number of ketones is 1. The van der Waals surface area contributed by atoms with E-state index >= 15 is 0 Å². The molecule has 0 aliphatic carbocycles. The van der Waals surface area contributed by atoms with E-state index in [9.17, 15) is 22.8 Å². The van der Waals surface area contributed by atoms with Gasteiger partial charge in [-0.25, -0.2) is 13.4 Å². The molecule has 1 aliphatic rings. The maximum atomic E-state index is 13.1. The molecule has 2 aromatic rings. The van der Waals surface area contributed by atoms with Gasteiger partial charge in [-0.15, -0.1) is 11.3 Å². The summed E-state index contributed by atoms with van der Waals surface area (Å²) in [6.07, 6.45) is 2.38. The molecular formula is C22H28N4O5S2. The van der Waals surface area contributed by atoms with Crippen LogP contribution in [0.5, 0.6) is 0 Å². The molecule has 0 saturated carbocycles. The van der Waals surface area contributed by atoms with Crippen LogP contribution in [0.4, 0.5) is 0 Å². The maximum absolute atomic E-state index is 13.1. The molecule has 1 aliphatic heterocycles. The lowest BCUT2D eigenvalue weighted by atomic mass is 10.0. The van der Waals surface area contributed by atoms with Crippen molar-refractivity contribution < 1.29 is 22.8 Å². The van der Waals surface area contributed by atoms with Crippen LogP contribution in [-0.2, 0) is 37.2 Å². The van der Waals surface area contributed by atoms with Crippen LogP contribution in [0.15, 0.2) is 40.6 Å². The predicted octanol–water partition coefficient (Wildman–Crippen LogP) is 1.20. The summed E-state index contributed by atoms with van der Waals surface area (Å²) in [4.78, 5) is 42.8. The SMILES string of the molecule is CC(C)C(NS(=O)(=O)c1ccccc1)C(=O)NC1Cc2nc(cs2)CCCCNC(=O)C1=O. The third kappa shape index (κ3) is 6.68. The zero-order chi connectivity index (χ0) is 24.0. The lowest BCUT2D eigenvalue weighted by Gasteiger charge is -2.24. The second-order valence-electron chi connectivity index (χ2n) is 8.23. The second kappa shape index (κ2) is 11.0. The van der Waals surface area contributed by atoms with E-state index in [2.05, 4.69) is 20.3 Å². The molecule has 9 nitrogen and oxygen atoms in total. The Bertz CT molecular complexity index is 1100. The van der Waals surface area contributed by atoms with Gasteiger partial charge < -0.3 is 10.6 Å². The number of Topliss-reactive ketones (excluding diaryl/α,β-unsaturated/α-hetero) is 1. The molecule has 2 bridgehead atoms. The lowest BCUT2D eigenvalue weighted by molar-refractivity contribution is -0.140. The Hall–Kier alpha value is -2.63. The minimum atomic E-state index is -3.97. The first-order chi connectivity index (χ1) is 15.7. The van der Waals surface area contributed by atoms with Crippen LogP contribution in [0.25, 0.3) is 0 Å². The zero-order valence-corrected chi connectivity index (χ0v) is 20.2. The molecule has 2 amide bonds. The molecule has 33 heavy (non-hydrogen) atoms. The highest BCUT2D eigenvalue weighted by atomic mass is 32.2. The van der Waals surface area contributed by atoms with Gasteiger partial charge in [-0.2, -0.15) is 4.72 Å². The molecule has 178 valence electrons. The summed E-state index contributed by atoms with van der Waals surface area (Å²) in [5.41, 5.74) is 0.912. The molecular weight excluding hydrogens is 464 g/mol. The Kier molecular flexibility index (Phi) is 8.33. The van der Waals surface area contributed by atoms with Gasteiger partial charge in [-0.1, -0.05) is 32.0 Å². The molecule has 0 spiro atoms. The van der Waals surface area contributed by atoms with Crippen LogP contribution in [-0.4, -0.2) is 49.6 Å². The van der Waals surface area contributed by atoms with E-state index in [1.54, 1.807) is 32.0 Å². The van der Waals surface area contributed by atoms with Crippen LogP contribution in [0.2, 0.25) is 0 Å². The van der Waals surface area contributed by atoms with E-state index in [0.717, 1.165) is 18.5 Å². The Labute approximate surface area is 197 Å². The number of carbonyl (C=O) groups excluding carboxylic acids is 3. The van der Waals surface area contributed by atoms with Crippen molar-refractivity contribution in [2.45, 2.75) is 56.5 Å². The van der Waals surface area contributed by atoms with E-state index in [1.807, 2.05) is 5.38 Å². The van der Waals surface area contributed by atoms with Gasteiger partial charge in [0.2, 0.25) is 21.7 Å². The van der Waals surface area contributed by atoms with Crippen LogP contribution >= 0.6 is 11.3 Å². The minimum Gasteiger partial charge on any atom is -0.349 e. The van der Waals surface area contributed by atoms with E-state index in [0.29, 0.717) is 18.0 Å². The van der Waals surface area contributed by atoms with Crippen molar-refractivity contribution in [3.8, 4) is 0 Å². The molecule has 0 radical (unpaired) electrons. The van der Waals surface area contributed by atoms with Crippen molar-refractivity contribution >= 4 is 39.0 Å². The third-order valence-electron chi connectivity index (χ3n) is 5.26. The van der Waals surface area contributed by atoms with Crippen LogP contribution in [0, 0.1) is 5.92 Å². The summed E-state index contributed by atoms with van der Waals surface area (Å²) in [5.74, 6) is -2.65. The van der Waals surface area contributed by atoms with Crippen LogP contribution < -0.4 is 15.4 Å². The Morgan fingerprint density at radius 3 is 2.61 bits per heavy atom. The van der Waals surface area contributed by atoms with E-state index in [1.165, 1.54) is 23.5 Å². The standard InChI is InChI=1S/C22H28N4O5S2/c1-14(2)19(26-33(30,31)16-9-4-3-5-10-16)21(28)25-17-12-18-24-15(13-32-18)8-6-7-11-23-22(29)20(17)27/h3-5,9-10,13-14,17,19,26H,6-8,11-12H2,1-2H3,(H,23,29)(H,25,28). The van der Waals surface area contributed by atoms with Crippen molar-refractivity contribution in [3.05, 3.63) is 46.4 Å². The van der Waals surface area contributed by atoms with Gasteiger partial charge in [0.25, 0.3) is 5.91 Å². The number of aromatic nitrogens is 1. The molecule has 1 aromatic carbocycles. The average molecular weight is 493 g/mol. The molecule has 1 aromatic heterocycles. The van der Waals surface area contributed by atoms with Crippen LogP contribution in [0.1, 0.15) is 37.4 Å².